The van der Waals surface area contributed by atoms with Crippen LogP contribution in [0, 0.1) is 5.82 Å². The molecule has 9 heteroatoms. The fourth-order valence-corrected chi connectivity index (χ4v) is 3.09. The fraction of sp³-hybridized carbons (Fsp3) is 0.333. The third-order valence-corrected chi connectivity index (χ3v) is 4.39. The first-order valence-corrected chi connectivity index (χ1v) is 9.53. The number of carbonyl (C=O) groups is 1. The molecule has 2 heterocycles. The highest BCUT2D eigenvalue weighted by Crippen LogP contribution is 2.34. The van der Waals surface area contributed by atoms with E-state index < -0.39 is 11.8 Å². The molecule has 1 aromatic carbocycles. The Hall–Kier alpha value is -3.49. The number of methoxy groups -OCH3 is 1. The number of hydrogen-bond acceptors (Lipinski definition) is 6. The highest BCUT2D eigenvalue weighted by Gasteiger charge is 2.26. The van der Waals surface area contributed by atoms with Crippen molar-refractivity contribution in [2.45, 2.75) is 39.7 Å². The minimum atomic E-state index is -1.05. The number of para-hydroxylation sites is 1. The predicted octanol–water partition coefficient (Wildman–Crippen LogP) is 4.51. The molecule has 30 heavy (non-hydrogen) atoms. The molecular weight excluding hydrogens is 391 g/mol. The molecule has 0 amide bonds. The standard InChI is InChI=1S/C21H23FN4O4/c1-5-9-26-18(21(27)28)17(12(2)3)25-20(26)14-10-23-11-16(24-14)30-19-13(22)7-6-8-15(19)29-4/h6-8,10-12H,5,9H2,1-4H3,(H,27,28). The van der Waals surface area contributed by atoms with E-state index >= 15 is 0 Å². The molecule has 3 aromatic rings. The molecule has 3 rings (SSSR count). The van der Waals surface area contributed by atoms with Gasteiger partial charge in [-0.1, -0.05) is 26.8 Å². The minimum absolute atomic E-state index is 0.0323. The third-order valence-electron chi connectivity index (χ3n) is 4.39. The molecule has 0 unspecified atom stereocenters. The smallest absolute Gasteiger partial charge is 0.354 e. The molecule has 0 saturated carbocycles. The number of carboxylic acids is 1. The largest absolute Gasteiger partial charge is 0.493 e. The van der Waals surface area contributed by atoms with Crippen molar-refractivity contribution in [2.75, 3.05) is 7.11 Å². The van der Waals surface area contributed by atoms with Crippen molar-refractivity contribution in [3.8, 4) is 28.9 Å². The Bertz CT molecular complexity index is 1070. The van der Waals surface area contributed by atoms with E-state index in [4.69, 9.17) is 9.47 Å². The Morgan fingerprint density at radius 1 is 1.27 bits per heavy atom. The molecular formula is C21H23FN4O4. The van der Waals surface area contributed by atoms with Crippen molar-refractivity contribution in [1.29, 1.82) is 0 Å². The summed E-state index contributed by atoms with van der Waals surface area (Å²) < 4.78 is 26.6. The van der Waals surface area contributed by atoms with Gasteiger partial charge in [-0.2, -0.15) is 0 Å². The monoisotopic (exact) mass is 414 g/mol. The van der Waals surface area contributed by atoms with E-state index in [9.17, 15) is 14.3 Å². The lowest BCUT2D eigenvalue weighted by Crippen LogP contribution is -2.12. The number of nitrogens with zero attached hydrogens (tertiary/aromatic N) is 4. The molecule has 0 spiro atoms. The number of hydrogen-bond donors (Lipinski definition) is 1. The van der Waals surface area contributed by atoms with Crippen LogP contribution in [0.5, 0.6) is 17.4 Å². The van der Waals surface area contributed by atoms with E-state index in [1.165, 1.54) is 31.6 Å². The predicted molar refractivity (Wildman–Crippen MR) is 108 cm³/mol. The van der Waals surface area contributed by atoms with Gasteiger partial charge < -0.3 is 19.1 Å². The Morgan fingerprint density at radius 3 is 2.67 bits per heavy atom. The van der Waals surface area contributed by atoms with Crippen LogP contribution in [0.15, 0.2) is 30.6 Å². The number of aromatic carboxylic acids is 1. The Morgan fingerprint density at radius 2 is 2.03 bits per heavy atom. The van der Waals surface area contributed by atoms with Crippen LogP contribution < -0.4 is 9.47 Å². The molecule has 0 aliphatic rings. The summed E-state index contributed by atoms with van der Waals surface area (Å²) in [5, 5.41) is 9.74. The molecule has 0 aliphatic carbocycles. The topological polar surface area (TPSA) is 99.4 Å². The molecule has 0 bridgehead atoms. The number of aromatic nitrogens is 4. The quantitative estimate of drug-likeness (QED) is 0.579. The number of halogens is 1. The molecule has 0 fully saturated rings. The van der Waals surface area contributed by atoms with Crippen LogP contribution in [0.2, 0.25) is 0 Å². The van der Waals surface area contributed by atoms with Crippen LogP contribution >= 0.6 is 0 Å². The van der Waals surface area contributed by atoms with Gasteiger partial charge in [0.15, 0.2) is 23.1 Å². The van der Waals surface area contributed by atoms with Crippen molar-refractivity contribution in [3.63, 3.8) is 0 Å². The Balaban J connectivity index is 2.09. The summed E-state index contributed by atoms with van der Waals surface area (Å²) in [6, 6.07) is 4.32. The molecule has 2 aromatic heterocycles. The fourth-order valence-electron chi connectivity index (χ4n) is 3.09. The average Bonchev–Trinajstić information content (AvgIpc) is 3.10. The van der Waals surface area contributed by atoms with Gasteiger partial charge in [0.25, 0.3) is 0 Å². The van der Waals surface area contributed by atoms with Crippen LogP contribution in [0.4, 0.5) is 4.39 Å². The van der Waals surface area contributed by atoms with E-state index in [0.717, 1.165) is 0 Å². The van der Waals surface area contributed by atoms with Gasteiger partial charge in [0.05, 0.1) is 25.2 Å². The van der Waals surface area contributed by atoms with Crippen LogP contribution in [0.3, 0.4) is 0 Å². The van der Waals surface area contributed by atoms with E-state index in [2.05, 4.69) is 15.0 Å². The maximum absolute atomic E-state index is 14.2. The first-order valence-electron chi connectivity index (χ1n) is 9.53. The number of imidazole rings is 1. The molecule has 1 N–H and O–H groups in total. The average molecular weight is 414 g/mol. The SMILES string of the molecule is CCCn1c(-c2cncc(Oc3c(F)cccc3OC)n2)nc(C(C)C)c1C(=O)O. The summed E-state index contributed by atoms with van der Waals surface area (Å²) in [7, 11) is 1.41. The van der Waals surface area contributed by atoms with E-state index in [1.807, 2.05) is 20.8 Å². The van der Waals surface area contributed by atoms with Crippen LogP contribution in [-0.4, -0.2) is 37.7 Å². The molecule has 8 nitrogen and oxygen atoms in total. The second-order valence-electron chi connectivity index (χ2n) is 6.90. The van der Waals surface area contributed by atoms with Gasteiger partial charge in [-0.15, -0.1) is 0 Å². The molecule has 0 aliphatic heterocycles. The Labute approximate surface area is 173 Å². The third kappa shape index (κ3) is 4.10. The summed E-state index contributed by atoms with van der Waals surface area (Å²) in [5.41, 5.74) is 0.922. The highest BCUT2D eigenvalue weighted by molar-refractivity contribution is 5.88. The lowest BCUT2D eigenvalue weighted by molar-refractivity contribution is 0.0683. The maximum atomic E-state index is 14.2. The zero-order valence-electron chi connectivity index (χ0n) is 17.2. The second kappa shape index (κ2) is 8.89. The molecule has 0 saturated heterocycles. The van der Waals surface area contributed by atoms with Gasteiger partial charge in [0.1, 0.15) is 5.69 Å². The summed E-state index contributed by atoms with van der Waals surface area (Å²) >= 11 is 0. The molecule has 0 atom stereocenters. The normalized spacial score (nSPS) is 11.0. The van der Waals surface area contributed by atoms with Gasteiger partial charge in [-0.25, -0.2) is 19.2 Å². The summed E-state index contributed by atoms with van der Waals surface area (Å²) in [4.78, 5) is 25.0. The first-order chi connectivity index (χ1) is 14.4. The lowest BCUT2D eigenvalue weighted by atomic mass is 10.1. The number of rotatable bonds is 8. The van der Waals surface area contributed by atoms with Crippen molar-refractivity contribution >= 4 is 5.97 Å². The Kier molecular flexibility index (Phi) is 6.29. The van der Waals surface area contributed by atoms with Crippen molar-refractivity contribution in [3.05, 3.63) is 47.8 Å². The number of benzene rings is 1. The van der Waals surface area contributed by atoms with Gasteiger partial charge >= 0.3 is 5.97 Å². The second-order valence-corrected chi connectivity index (χ2v) is 6.90. The van der Waals surface area contributed by atoms with Crippen molar-refractivity contribution in [2.24, 2.45) is 0 Å². The minimum Gasteiger partial charge on any atom is -0.493 e. The zero-order chi connectivity index (χ0) is 21.8. The maximum Gasteiger partial charge on any atom is 0.354 e. The molecule has 0 radical (unpaired) electrons. The van der Waals surface area contributed by atoms with Gasteiger partial charge in [-0.05, 0) is 24.5 Å². The van der Waals surface area contributed by atoms with Crippen molar-refractivity contribution < 1.29 is 23.8 Å². The summed E-state index contributed by atoms with van der Waals surface area (Å²) in [6.45, 7) is 6.15. The first kappa shape index (κ1) is 21.2. The van der Waals surface area contributed by atoms with Gasteiger partial charge in [-0.3, -0.25) is 4.98 Å². The van der Waals surface area contributed by atoms with Crippen LogP contribution in [-0.2, 0) is 6.54 Å². The van der Waals surface area contributed by atoms with Crippen molar-refractivity contribution in [1.82, 2.24) is 19.5 Å². The van der Waals surface area contributed by atoms with E-state index in [1.54, 1.807) is 10.6 Å². The van der Waals surface area contributed by atoms with E-state index in [0.29, 0.717) is 30.2 Å². The number of carboxylic acid groups (broad SMARTS) is 1. The highest BCUT2D eigenvalue weighted by atomic mass is 19.1. The van der Waals surface area contributed by atoms with E-state index in [-0.39, 0.29) is 29.0 Å². The van der Waals surface area contributed by atoms with Gasteiger partial charge in [0, 0.05) is 6.54 Å². The lowest BCUT2D eigenvalue weighted by Gasteiger charge is -2.11. The summed E-state index contributed by atoms with van der Waals surface area (Å²) in [6.07, 6.45) is 3.51. The summed E-state index contributed by atoms with van der Waals surface area (Å²) in [5.74, 6) is -1.25. The van der Waals surface area contributed by atoms with Gasteiger partial charge in [0.2, 0.25) is 11.6 Å². The zero-order valence-corrected chi connectivity index (χ0v) is 17.2. The molecule has 158 valence electrons. The van der Waals surface area contributed by atoms with Crippen LogP contribution in [0.1, 0.15) is 49.3 Å². The number of ether oxygens (including phenoxy) is 2. The van der Waals surface area contributed by atoms with Crippen LogP contribution in [0.25, 0.3) is 11.5 Å².